The van der Waals surface area contributed by atoms with Crippen LogP contribution in [0.15, 0.2) is 17.3 Å². The van der Waals surface area contributed by atoms with E-state index in [4.69, 9.17) is 0 Å². The van der Waals surface area contributed by atoms with Crippen LogP contribution >= 0.6 is 0 Å². The third kappa shape index (κ3) is 3.04. The predicted octanol–water partition coefficient (Wildman–Crippen LogP) is 2.10. The number of pyridine rings is 1. The van der Waals surface area contributed by atoms with Gasteiger partial charge in [0.1, 0.15) is 0 Å². The molecule has 0 unspecified atom stereocenters. The molecule has 0 aliphatic carbocycles. The zero-order chi connectivity index (χ0) is 10.6. The quantitative estimate of drug-likeness (QED) is 0.429. The molecular weight excluding hydrogens is 197 g/mol. The number of nitrogens with zero attached hydrogens (tertiary/aromatic N) is 2. The Bertz CT molecular complexity index is 341. The minimum absolute atomic E-state index is 0.353. The fourth-order valence-electron chi connectivity index (χ4n) is 0.811. The van der Waals surface area contributed by atoms with Crippen LogP contribution in [0.4, 0.5) is 13.2 Å². The van der Waals surface area contributed by atoms with Crippen LogP contribution in [0.5, 0.6) is 0 Å². The molecule has 1 aromatic rings. The minimum atomic E-state index is -2.96. The Labute approximate surface area is 78.2 Å². The Balaban J connectivity index is 2.72. The van der Waals surface area contributed by atoms with Gasteiger partial charge in [-0.1, -0.05) is 5.16 Å². The molecular formula is C8H7F3N2O. The van der Waals surface area contributed by atoms with E-state index in [0.717, 1.165) is 12.3 Å². The number of hydrogen-bond acceptors (Lipinski definition) is 3. The standard InChI is InChI=1S/C8H7F3N2O/c1-5-6(2-3-7(9)13-5)4-12-14-8(10)11/h2-4,8H,1H3/b12-4-. The van der Waals surface area contributed by atoms with E-state index in [0.29, 0.717) is 11.3 Å². The lowest BCUT2D eigenvalue weighted by atomic mass is 10.2. The number of rotatable bonds is 3. The van der Waals surface area contributed by atoms with Crippen molar-refractivity contribution in [3.05, 3.63) is 29.3 Å². The van der Waals surface area contributed by atoms with Gasteiger partial charge in [0.05, 0.1) is 6.21 Å². The molecule has 0 spiro atoms. The molecule has 0 bridgehead atoms. The lowest BCUT2D eigenvalue weighted by molar-refractivity contribution is -0.127. The van der Waals surface area contributed by atoms with Gasteiger partial charge in [0.2, 0.25) is 5.95 Å². The van der Waals surface area contributed by atoms with Crippen molar-refractivity contribution >= 4 is 6.21 Å². The van der Waals surface area contributed by atoms with Crippen LogP contribution in [0.3, 0.4) is 0 Å². The van der Waals surface area contributed by atoms with E-state index in [-0.39, 0.29) is 0 Å². The van der Waals surface area contributed by atoms with Gasteiger partial charge in [-0.05, 0) is 19.1 Å². The van der Waals surface area contributed by atoms with E-state index >= 15 is 0 Å². The highest BCUT2D eigenvalue weighted by Crippen LogP contribution is 2.04. The molecule has 0 amide bonds. The van der Waals surface area contributed by atoms with E-state index in [1.807, 2.05) is 0 Å². The van der Waals surface area contributed by atoms with Gasteiger partial charge >= 0.3 is 6.61 Å². The zero-order valence-corrected chi connectivity index (χ0v) is 7.25. The van der Waals surface area contributed by atoms with E-state index in [1.54, 1.807) is 0 Å². The smallest absolute Gasteiger partial charge is 0.326 e. The molecule has 1 heterocycles. The number of aromatic nitrogens is 1. The van der Waals surface area contributed by atoms with Gasteiger partial charge in [0.25, 0.3) is 0 Å². The fraction of sp³-hybridized carbons (Fsp3) is 0.250. The van der Waals surface area contributed by atoms with Gasteiger partial charge in [-0.25, -0.2) is 4.98 Å². The molecule has 76 valence electrons. The van der Waals surface area contributed by atoms with Gasteiger partial charge in [0, 0.05) is 11.3 Å². The summed E-state index contributed by atoms with van der Waals surface area (Å²) in [6.07, 6.45) is 1.05. The summed E-state index contributed by atoms with van der Waals surface area (Å²) in [5, 5.41) is 2.99. The van der Waals surface area contributed by atoms with Crippen molar-refractivity contribution in [2.75, 3.05) is 0 Å². The van der Waals surface area contributed by atoms with Crippen LogP contribution in [0, 0.1) is 12.9 Å². The molecule has 0 aliphatic rings. The zero-order valence-electron chi connectivity index (χ0n) is 7.25. The van der Waals surface area contributed by atoms with Crippen LogP contribution in [-0.4, -0.2) is 17.8 Å². The molecule has 0 saturated carbocycles. The lowest BCUT2D eigenvalue weighted by Gasteiger charge is -1.98. The second kappa shape index (κ2) is 4.59. The van der Waals surface area contributed by atoms with Crippen LogP contribution in [0.2, 0.25) is 0 Å². The molecule has 6 heteroatoms. The Morgan fingerprint density at radius 2 is 2.21 bits per heavy atom. The second-order valence-corrected chi connectivity index (χ2v) is 2.41. The topological polar surface area (TPSA) is 34.5 Å². The Kier molecular flexibility index (Phi) is 3.44. The van der Waals surface area contributed by atoms with Crippen molar-refractivity contribution in [1.29, 1.82) is 0 Å². The molecule has 0 saturated heterocycles. The van der Waals surface area contributed by atoms with Crippen LogP contribution in [0.1, 0.15) is 11.3 Å². The summed E-state index contributed by atoms with van der Waals surface area (Å²) in [7, 11) is 0. The number of hydrogen-bond donors (Lipinski definition) is 0. The minimum Gasteiger partial charge on any atom is -0.326 e. The van der Waals surface area contributed by atoms with E-state index in [2.05, 4.69) is 15.0 Å². The summed E-state index contributed by atoms with van der Waals surface area (Å²) in [5.74, 6) is -0.630. The summed E-state index contributed by atoms with van der Waals surface area (Å²) >= 11 is 0. The van der Waals surface area contributed by atoms with Crippen LogP contribution in [-0.2, 0) is 4.84 Å². The third-order valence-electron chi connectivity index (χ3n) is 1.43. The Hall–Kier alpha value is -1.59. The molecule has 0 N–H and O–H groups in total. The highest BCUT2D eigenvalue weighted by atomic mass is 19.3. The van der Waals surface area contributed by atoms with Crippen molar-refractivity contribution in [1.82, 2.24) is 4.98 Å². The summed E-state index contributed by atoms with van der Waals surface area (Å²) in [6, 6.07) is 2.48. The molecule has 0 aromatic carbocycles. The monoisotopic (exact) mass is 204 g/mol. The van der Waals surface area contributed by atoms with E-state index in [1.165, 1.54) is 13.0 Å². The first-order chi connectivity index (χ1) is 6.59. The number of oxime groups is 1. The van der Waals surface area contributed by atoms with Crippen molar-refractivity contribution in [2.24, 2.45) is 5.16 Å². The molecule has 0 aliphatic heterocycles. The molecule has 14 heavy (non-hydrogen) atoms. The van der Waals surface area contributed by atoms with Crippen molar-refractivity contribution < 1.29 is 18.0 Å². The normalized spacial score (nSPS) is 11.2. The third-order valence-corrected chi connectivity index (χ3v) is 1.43. The van der Waals surface area contributed by atoms with Crippen molar-refractivity contribution in [3.63, 3.8) is 0 Å². The first-order valence-electron chi connectivity index (χ1n) is 3.70. The average molecular weight is 204 g/mol. The van der Waals surface area contributed by atoms with E-state index in [9.17, 15) is 13.2 Å². The number of alkyl halides is 2. The van der Waals surface area contributed by atoms with Gasteiger partial charge in [-0.15, -0.1) is 0 Å². The average Bonchev–Trinajstić information content (AvgIpc) is 2.08. The highest BCUT2D eigenvalue weighted by molar-refractivity contribution is 5.80. The lowest BCUT2D eigenvalue weighted by Crippen LogP contribution is -1.96. The maximum Gasteiger partial charge on any atom is 0.407 e. The summed E-state index contributed by atoms with van der Waals surface area (Å²) in [5.41, 5.74) is 0.777. The largest absolute Gasteiger partial charge is 0.407 e. The first-order valence-corrected chi connectivity index (χ1v) is 3.70. The summed E-state index contributed by atoms with van der Waals surface area (Å²) in [6.45, 7) is -1.42. The second-order valence-electron chi connectivity index (χ2n) is 2.41. The maximum absolute atomic E-state index is 12.5. The number of aryl methyl sites for hydroxylation is 1. The molecule has 0 atom stereocenters. The molecule has 0 fully saturated rings. The molecule has 1 rings (SSSR count). The molecule has 0 radical (unpaired) electrons. The SMILES string of the molecule is Cc1nc(F)ccc1/C=N\OC(F)F. The first kappa shape index (κ1) is 10.5. The van der Waals surface area contributed by atoms with Crippen LogP contribution < -0.4 is 0 Å². The van der Waals surface area contributed by atoms with E-state index < -0.39 is 12.6 Å². The maximum atomic E-state index is 12.5. The van der Waals surface area contributed by atoms with Crippen LogP contribution in [0.25, 0.3) is 0 Å². The van der Waals surface area contributed by atoms with Gasteiger partial charge < -0.3 is 4.84 Å². The summed E-state index contributed by atoms with van der Waals surface area (Å²) < 4.78 is 35.5. The van der Waals surface area contributed by atoms with Gasteiger partial charge in [0.15, 0.2) is 0 Å². The molecule has 3 nitrogen and oxygen atoms in total. The fourth-order valence-corrected chi connectivity index (χ4v) is 0.811. The predicted molar refractivity (Wildman–Crippen MR) is 43.6 cm³/mol. The Morgan fingerprint density at radius 3 is 2.79 bits per heavy atom. The summed E-state index contributed by atoms with van der Waals surface area (Å²) in [4.78, 5) is 7.12. The Morgan fingerprint density at radius 1 is 1.50 bits per heavy atom. The number of halogens is 3. The molecule has 1 aromatic heterocycles. The highest BCUT2D eigenvalue weighted by Gasteiger charge is 2.00. The van der Waals surface area contributed by atoms with Gasteiger partial charge in [-0.2, -0.15) is 13.2 Å². The van der Waals surface area contributed by atoms with Gasteiger partial charge in [-0.3, -0.25) is 0 Å². The van der Waals surface area contributed by atoms with Crippen molar-refractivity contribution in [2.45, 2.75) is 13.5 Å². The van der Waals surface area contributed by atoms with Crippen molar-refractivity contribution in [3.8, 4) is 0 Å².